The number of fused-ring (bicyclic) bond motifs is 9. The highest BCUT2D eigenvalue weighted by molar-refractivity contribution is 6.15. The van der Waals surface area contributed by atoms with Crippen LogP contribution in [0.15, 0.2) is 303 Å². The fourth-order valence-electron chi connectivity index (χ4n) is 13.9. The van der Waals surface area contributed by atoms with Crippen LogP contribution in [-0.4, -0.2) is 28.7 Å². The minimum atomic E-state index is 0.559. The average molecular weight is 1140 g/mol. The Labute approximate surface area is 515 Å². The lowest BCUT2D eigenvalue weighted by atomic mass is 9.90. The quantitative estimate of drug-likeness (QED) is 0.137. The molecule has 0 amide bonds. The second kappa shape index (κ2) is 21.1. The molecule has 6 nitrogen and oxygen atoms in total. The number of aromatic nitrogens is 6. The predicted octanol–water partition coefficient (Wildman–Crippen LogP) is 21.4. The summed E-state index contributed by atoms with van der Waals surface area (Å²) in [6.07, 6.45) is 0. The Hall–Kier alpha value is -11.7. The van der Waals surface area contributed by atoms with Crippen LogP contribution in [0, 0.1) is 13.8 Å². The van der Waals surface area contributed by atoms with Gasteiger partial charge < -0.3 is 13.7 Å². The van der Waals surface area contributed by atoms with Crippen LogP contribution in [0.2, 0.25) is 0 Å². The molecule has 0 aliphatic rings. The summed E-state index contributed by atoms with van der Waals surface area (Å²) in [7, 11) is 0. The topological polar surface area (TPSA) is 53.5 Å². The number of rotatable bonds is 10. The highest BCUT2D eigenvalue weighted by Gasteiger charge is 2.28. The number of hydrogen-bond donors (Lipinski definition) is 0. The normalized spacial score (nSPS) is 11.7. The Balaban J connectivity index is 1.07. The van der Waals surface area contributed by atoms with Gasteiger partial charge in [-0.05, 0) is 120 Å². The first-order valence-electron chi connectivity index (χ1n) is 30.4. The molecule has 0 unspecified atom stereocenters. The highest BCUT2D eigenvalue weighted by Crippen LogP contribution is 2.49. The lowest BCUT2D eigenvalue weighted by Gasteiger charge is -2.24. The van der Waals surface area contributed by atoms with E-state index in [1.54, 1.807) is 0 Å². The van der Waals surface area contributed by atoms with Crippen LogP contribution in [0.5, 0.6) is 0 Å². The van der Waals surface area contributed by atoms with Crippen LogP contribution in [0.1, 0.15) is 11.1 Å². The molecule has 0 saturated carbocycles. The molecule has 89 heavy (non-hydrogen) atoms. The molecule has 4 heterocycles. The molecule has 0 aliphatic carbocycles. The molecule has 0 atom stereocenters. The molecule has 0 saturated heterocycles. The molecule has 0 fully saturated rings. The van der Waals surface area contributed by atoms with Crippen LogP contribution in [0.3, 0.4) is 0 Å². The van der Waals surface area contributed by atoms with Crippen molar-refractivity contribution in [3.05, 3.63) is 314 Å². The second-order valence-corrected chi connectivity index (χ2v) is 23.2. The Kier molecular flexibility index (Phi) is 12.2. The van der Waals surface area contributed by atoms with Crippen LogP contribution in [0.25, 0.3) is 161 Å². The summed E-state index contributed by atoms with van der Waals surface area (Å²) in [5.41, 5.74) is 23.7. The minimum absolute atomic E-state index is 0.559. The maximum absolute atomic E-state index is 5.52. The second-order valence-electron chi connectivity index (χ2n) is 23.2. The summed E-state index contributed by atoms with van der Waals surface area (Å²) < 4.78 is 7.48. The summed E-state index contributed by atoms with van der Waals surface area (Å²) in [6, 6.07) is 110. The van der Waals surface area contributed by atoms with E-state index in [9.17, 15) is 0 Å². The Morgan fingerprint density at radius 1 is 0.213 bits per heavy atom. The summed E-state index contributed by atoms with van der Waals surface area (Å²) in [6.45, 7) is 4.42. The summed E-state index contributed by atoms with van der Waals surface area (Å²) in [5.74, 6) is 1.74. The third-order valence-corrected chi connectivity index (χ3v) is 18.0. The van der Waals surface area contributed by atoms with Gasteiger partial charge in [-0.15, -0.1) is 0 Å². The standard InChI is InChI=1S/C83H56N6/c1-53-25-9-11-31-60(53)57-45-47-78-68(49-57)69-50-58(61-32-12-10-26-54(61)2)46-48-79(69)89(78)80-70(66-37-17-23-43-76(66)87-72-39-19-13-33-62(72)63-34-14-20-40-73(63)87)51-59(83-85-81(55-27-5-3-6-28-55)84-82(86-83)56-29-7-4-8-30-56)52-71(80)67-38-18-24-44-77(67)88-74-41-21-15-35-64(74)65-36-16-22-42-75(65)88/h3-52H,1-2H3. The molecule has 0 N–H and O–H groups in total. The smallest absolute Gasteiger partial charge is 0.164 e. The van der Waals surface area contributed by atoms with Crippen LogP contribution in [-0.2, 0) is 0 Å². The molecule has 6 heteroatoms. The van der Waals surface area contributed by atoms with E-state index in [2.05, 4.69) is 294 Å². The fourth-order valence-corrected chi connectivity index (χ4v) is 13.9. The maximum atomic E-state index is 5.52. The van der Waals surface area contributed by atoms with E-state index in [-0.39, 0.29) is 0 Å². The van der Waals surface area contributed by atoms with Crippen molar-refractivity contribution >= 4 is 65.4 Å². The van der Waals surface area contributed by atoms with Gasteiger partial charge in [-0.25, -0.2) is 15.0 Å². The summed E-state index contributed by atoms with van der Waals surface area (Å²) in [4.78, 5) is 16.3. The van der Waals surface area contributed by atoms with Gasteiger partial charge in [-0.1, -0.05) is 231 Å². The first kappa shape index (κ1) is 51.7. The van der Waals surface area contributed by atoms with Gasteiger partial charge in [0, 0.05) is 71.3 Å². The molecule has 0 spiro atoms. The zero-order valence-electron chi connectivity index (χ0n) is 49.1. The molecule has 13 aromatic carbocycles. The third kappa shape index (κ3) is 8.52. The summed E-state index contributed by atoms with van der Waals surface area (Å²) in [5, 5.41) is 7.07. The van der Waals surface area contributed by atoms with Crippen molar-refractivity contribution in [3.8, 4) is 95.7 Å². The van der Waals surface area contributed by atoms with Crippen molar-refractivity contribution in [2.45, 2.75) is 13.8 Å². The number of benzene rings is 13. The lowest BCUT2D eigenvalue weighted by molar-refractivity contribution is 1.07. The zero-order valence-corrected chi connectivity index (χ0v) is 49.1. The molecular weight excluding hydrogens is 1080 g/mol. The van der Waals surface area contributed by atoms with Gasteiger partial charge in [0.05, 0.1) is 50.2 Å². The van der Waals surface area contributed by atoms with Gasteiger partial charge >= 0.3 is 0 Å². The van der Waals surface area contributed by atoms with Gasteiger partial charge in [-0.3, -0.25) is 0 Å². The van der Waals surface area contributed by atoms with Crippen molar-refractivity contribution in [2.24, 2.45) is 0 Å². The van der Waals surface area contributed by atoms with Gasteiger partial charge in [0.2, 0.25) is 0 Å². The Morgan fingerprint density at radius 2 is 0.528 bits per heavy atom. The summed E-state index contributed by atoms with van der Waals surface area (Å²) >= 11 is 0. The number of nitrogens with zero attached hydrogens (tertiary/aromatic N) is 6. The van der Waals surface area contributed by atoms with Gasteiger partial charge in [0.25, 0.3) is 0 Å². The predicted molar refractivity (Wildman–Crippen MR) is 370 cm³/mol. The van der Waals surface area contributed by atoms with Gasteiger partial charge in [0.1, 0.15) is 0 Å². The molecular formula is C83H56N6. The van der Waals surface area contributed by atoms with E-state index in [0.717, 1.165) is 99.9 Å². The van der Waals surface area contributed by atoms with E-state index in [1.807, 2.05) is 36.4 Å². The van der Waals surface area contributed by atoms with Gasteiger partial charge in [-0.2, -0.15) is 0 Å². The van der Waals surface area contributed by atoms with Crippen molar-refractivity contribution in [1.82, 2.24) is 28.7 Å². The zero-order chi connectivity index (χ0) is 59.1. The maximum Gasteiger partial charge on any atom is 0.164 e. The highest BCUT2D eigenvalue weighted by atomic mass is 15.0. The molecule has 0 radical (unpaired) electrons. The lowest BCUT2D eigenvalue weighted by Crippen LogP contribution is -2.07. The first-order valence-corrected chi connectivity index (χ1v) is 30.4. The average Bonchev–Trinajstić information content (AvgIpc) is 1.83. The fraction of sp³-hybridized carbons (Fsp3) is 0.0241. The minimum Gasteiger partial charge on any atom is -0.309 e. The Bertz CT molecular complexity index is 5200. The SMILES string of the molecule is Cc1ccccc1-c1ccc2c(c1)c1cc(-c3ccccc3C)ccc1n2-c1c(-c2ccccc2-n2c3ccccc3c3ccccc32)cc(-c2nc(-c3ccccc3)nc(-c3ccccc3)n2)cc1-c1ccccc1-n1c2ccccc2c2ccccc21. The monoisotopic (exact) mass is 1140 g/mol. The molecule has 17 rings (SSSR count). The first-order chi connectivity index (χ1) is 44.0. The van der Waals surface area contributed by atoms with E-state index in [4.69, 9.17) is 15.0 Å². The van der Waals surface area contributed by atoms with E-state index in [0.29, 0.717) is 17.5 Å². The van der Waals surface area contributed by atoms with E-state index in [1.165, 1.54) is 54.9 Å². The van der Waals surface area contributed by atoms with Crippen molar-refractivity contribution in [3.63, 3.8) is 0 Å². The number of para-hydroxylation sites is 6. The molecule has 418 valence electrons. The number of aryl methyl sites for hydroxylation is 2. The largest absolute Gasteiger partial charge is 0.309 e. The van der Waals surface area contributed by atoms with E-state index >= 15 is 0 Å². The Morgan fingerprint density at radius 3 is 0.921 bits per heavy atom. The van der Waals surface area contributed by atoms with Crippen molar-refractivity contribution in [1.29, 1.82) is 0 Å². The van der Waals surface area contributed by atoms with Crippen LogP contribution < -0.4 is 0 Å². The van der Waals surface area contributed by atoms with Crippen molar-refractivity contribution in [2.75, 3.05) is 0 Å². The van der Waals surface area contributed by atoms with Crippen LogP contribution >= 0.6 is 0 Å². The molecule has 4 aromatic heterocycles. The number of hydrogen-bond acceptors (Lipinski definition) is 3. The van der Waals surface area contributed by atoms with Crippen molar-refractivity contribution < 1.29 is 0 Å². The van der Waals surface area contributed by atoms with Crippen LogP contribution in [0.4, 0.5) is 0 Å². The van der Waals surface area contributed by atoms with Gasteiger partial charge in [0.15, 0.2) is 17.5 Å². The molecule has 0 aliphatic heterocycles. The molecule has 17 aromatic rings. The third-order valence-electron chi connectivity index (χ3n) is 18.0. The van der Waals surface area contributed by atoms with E-state index < -0.39 is 0 Å². The molecule has 0 bridgehead atoms.